The molecule has 1 aromatic carbocycles. The Hall–Kier alpha value is -2.57. The molecular formula is C14H15N3O4. The Morgan fingerprint density at radius 3 is 2.95 bits per heavy atom. The molecule has 1 fully saturated rings. The lowest BCUT2D eigenvalue weighted by Crippen LogP contribution is -2.37. The summed E-state index contributed by atoms with van der Waals surface area (Å²) in [4.78, 5) is 36.7. The maximum Gasteiger partial charge on any atom is 0.262 e. The molecule has 1 aromatic rings. The van der Waals surface area contributed by atoms with Crippen molar-refractivity contribution in [3.63, 3.8) is 0 Å². The number of fused-ring (bicyclic) bond motifs is 1. The number of anilines is 1. The fourth-order valence-corrected chi connectivity index (χ4v) is 2.37. The van der Waals surface area contributed by atoms with Gasteiger partial charge in [-0.3, -0.25) is 14.4 Å². The summed E-state index contributed by atoms with van der Waals surface area (Å²) in [5.41, 5.74) is 0.996. The van der Waals surface area contributed by atoms with Crippen LogP contribution in [0.1, 0.15) is 16.8 Å². The third kappa shape index (κ3) is 2.81. The van der Waals surface area contributed by atoms with E-state index in [2.05, 4.69) is 10.6 Å². The number of rotatable bonds is 1. The normalized spacial score (nSPS) is 18.0. The number of ether oxygens (including phenoxy) is 1. The molecule has 21 heavy (non-hydrogen) atoms. The average Bonchev–Trinajstić information content (AvgIpc) is 2.70. The molecule has 110 valence electrons. The van der Waals surface area contributed by atoms with E-state index in [1.165, 1.54) is 4.90 Å². The molecule has 0 atom stereocenters. The summed E-state index contributed by atoms with van der Waals surface area (Å²) in [6.45, 7) is 1.12. The van der Waals surface area contributed by atoms with Crippen molar-refractivity contribution in [2.45, 2.75) is 6.42 Å². The van der Waals surface area contributed by atoms with Crippen LogP contribution in [0.4, 0.5) is 5.69 Å². The Bertz CT molecular complexity index is 614. The molecule has 3 amide bonds. The number of nitrogens with one attached hydrogen (secondary N) is 2. The van der Waals surface area contributed by atoms with E-state index in [0.29, 0.717) is 30.1 Å². The molecule has 2 aliphatic heterocycles. The summed E-state index contributed by atoms with van der Waals surface area (Å²) in [5.74, 6) is -0.108. The molecule has 0 radical (unpaired) electrons. The second-order valence-corrected chi connectivity index (χ2v) is 4.98. The van der Waals surface area contributed by atoms with E-state index < -0.39 is 0 Å². The van der Waals surface area contributed by atoms with Crippen molar-refractivity contribution >= 4 is 23.4 Å². The summed E-state index contributed by atoms with van der Waals surface area (Å²) in [5, 5.41) is 5.40. The number of nitrogens with zero attached hydrogens (tertiary/aromatic N) is 1. The molecular weight excluding hydrogens is 274 g/mol. The third-order valence-corrected chi connectivity index (χ3v) is 3.41. The van der Waals surface area contributed by atoms with Crippen molar-refractivity contribution in [3.8, 4) is 5.75 Å². The van der Waals surface area contributed by atoms with Gasteiger partial charge in [-0.1, -0.05) is 0 Å². The lowest BCUT2D eigenvalue weighted by molar-refractivity contribution is -0.121. The van der Waals surface area contributed by atoms with Gasteiger partial charge in [0, 0.05) is 18.7 Å². The standard InChI is InChI=1S/C14H15N3O4/c18-12-7-17(5-1-4-15-12)14(20)9-2-3-10-11(6-9)21-8-13(19)16-10/h2-3,6H,1,4-5,7-8H2,(H,15,18)(H,16,19). The lowest BCUT2D eigenvalue weighted by Gasteiger charge is -2.21. The van der Waals surface area contributed by atoms with Gasteiger partial charge < -0.3 is 20.3 Å². The molecule has 7 nitrogen and oxygen atoms in total. The first-order valence-electron chi connectivity index (χ1n) is 6.76. The number of amides is 3. The Labute approximate surface area is 121 Å². The zero-order chi connectivity index (χ0) is 14.8. The van der Waals surface area contributed by atoms with Crippen LogP contribution in [-0.2, 0) is 9.59 Å². The van der Waals surface area contributed by atoms with E-state index in [0.717, 1.165) is 6.42 Å². The minimum atomic E-state index is -0.217. The van der Waals surface area contributed by atoms with Crippen LogP contribution in [0.15, 0.2) is 18.2 Å². The highest BCUT2D eigenvalue weighted by atomic mass is 16.5. The van der Waals surface area contributed by atoms with Crippen molar-refractivity contribution in [2.75, 3.05) is 31.6 Å². The molecule has 0 bridgehead atoms. The number of hydrogen-bond acceptors (Lipinski definition) is 4. The van der Waals surface area contributed by atoms with Gasteiger partial charge in [0.2, 0.25) is 5.91 Å². The molecule has 0 unspecified atom stereocenters. The van der Waals surface area contributed by atoms with Crippen molar-refractivity contribution in [1.29, 1.82) is 0 Å². The molecule has 3 rings (SSSR count). The number of benzene rings is 1. The summed E-state index contributed by atoms with van der Waals surface area (Å²) < 4.78 is 5.30. The van der Waals surface area contributed by atoms with Crippen LogP contribution in [0, 0.1) is 0 Å². The molecule has 2 heterocycles. The van der Waals surface area contributed by atoms with E-state index in [1.807, 2.05) is 0 Å². The zero-order valence-electron chi connectivity index (χ0n) is 11.3. The highest BCUT2D eigenvalue weighted by Gasteiger charge is 2.23. The Kier molecular flexibility index (Phi) is 3.47. The summed E-state index contributed by atoms with van der Waals surface area (Å²) in [6, 6.07) is 4.86. The van der Waals surface area contributed by atoms with Gasteiger partial charge in [-0.15, -0.1) is 0 Å². The second kappa shape index (κ2) is 5.43. The van der Waals surface area contributed by atoms with E-state index in [-0.39, 0.29) is 30.9 Å². The van der Waals surface area contributed by atoms with Crippen molar-refractivity contribution in [1.82, 2.24) is 10.2 Å². The first kappa shape index (κ1) is 13.4. The topological polar surface area (TPSA) is 87.7 Å². The number of carbonyl (C=O) groups is 3. The quantitative estimate of drug-likeness (QED) is 0.760. The van der Waals surface area contributed by atoms with Gasteiger partial charge in [0.25, 0.3) is 11.8 Å². The first-order chi connectivity index (χ1) is 10.1. The molecule has 2 aliphatic rings. The molecule has 1 saturated heterocycles. The average molecular weight is 289 g/mol. The Morgan fingerprint density at radius 1 is 1.24 bits per heavy atom. The smallest absolute Gasteiger partial charge is 0.262 e. The van der Waals surface area contributed by atoms with E-state index >= 15 is 0 Å². The molecule has 0 aromatic heterocycles. The van der Waals surface area contributed by atoms with E-state index in [4.69, 9.17) is 4.74 Å². The Balaban J connectivity index is 1.81. The van der Waals surface area contributed by atoms with Crippen LogP contribution in [0.25, 0.3) is 0 Å². The zero-order valence-corrected chi connectivity index (χ0v) is 11.3. The SMILES string of the molecule is O=C1CN(C(=O)c2ccc3c(c2)OCC(=O)N3)CCCN1. The van der Waals surface area contributed by atoms with Gasteiger partial charge in [-0.2, -0.15) is 0 Å². The van der Waals surface area contributed by atoms with Gasteiger partial charge >= 0.3 is 0 Å². The van der Waals surface area contributed by atoms with Crippen LogP contribution in [0.2, 0.25) is 0 Å². The predicted octanol–water partition coefficient (Wildman–Crippen LogP) is -0.0204. The molecule has 2 N–H and O–H groups in total. The van der Waals surface area contributed by atoms with Crippen molar-refractivity contribution < 1.29 is 19.1 Å². The molecule has 0 saturated carbocycles. The Morgan fingerprint density at radius 2 is 2.10 bits per heavy atom. The predicted molar refractivity (Wildman–Crippen MR) is 74.1 cm³/mol. The summed E-state index contributed by atoms with van der Waals surface area (Å²) in [7, 11) is 0. The third-order valence-electron chi connectivity index (χ3n) is 3.41. The van der Waals surface area contributed by atoms with Gasteiger partial charge in [0.1, 0.15) is 5.75 Å². The van der Waals surface area contributed by atoms with Crippen LogP contribution in [0.3, 0.4) is 0 Å². The lowest BCUT2D eigenvalue weighted by atomic mass is 10.1. The van der Waals surface area contributed by atoms with Gasteiger partial charge in [0.05, 0.1) is 12.2 Å². The summed E-state index contributed by atoms with van der Waals surface area (Å²) in [6.07, 6.45) is 0.731. The highest BCUT2D eigenvalue weighted by molar-refractivity contribution is 6.00. The van der Waals surface area contributed by atoms with Crippen LogP contribution in [-0.4, -0.2) is 48.9 Å². The maximum atomic E-state index is 12.5. The largest absolute Gasteiger partial charge is 0.482 e. The molecule has 0 aliphatic carbocycles. The van der Waals surface area contributed by atoms with E-state index in [1.54, 1.807) is 18.2 Å². The van der Waals surface area contributed by atoms with Crippen LogP contribution in [0.5, 0.6) is 5.75 Å². The fourth-order valence-electron chi connectivity index (χ4n) is 2.37. The van der Waals surface area contributed by atoms with Crippen molar-refractivity contribution in [2.24, 2.45) is 0 Å². The van der Waals surface area contributed by atoms with Crippen molar-refractivity contribution in [3.05, 3.63) is 23.8 Å². The molecule has 0 spiro atoms. The van der Waals surface area contributed by atoms with Gasteiger partial charge in [-0.05, 0) is 24.6 Å². The van der Waals surface area contributed by atoms with Gasteiger partial charge in [0.15, 0.2) is 6.61 Å². The van der Waals surface area contributed by atoms with Crippen LogP contribution < -0.4 is 15.4 Å². The fraction of sp³-hybridized carbons (Fsp3) is 0.357. The second-order valence-electron chi connectivity index (χ2n) is 4.98. The van der Waals surface area contributed by atoms with E-state index in [9.17, 15) is 14.4 Å². The monoisotopic (exact) mass is 289 g/mol. The molecule has 7 heteroatoms. The highest BCUT2D eigenvalue weighted by Crippen LogP contribution is 2.29. The van der Waals surface area contributed by atoms with Gasteiger partial charge in [-0.25, -0.2) is 0 Å². The van der Waals surface area contributed by atoms with Crippen LogP contribution >= 0.6 is 0 Å². The minimum absolute atomic E-state index is 0.0588. The first-order valence-corrected chi connectivity index (χ1v) is 6.76. The maximum absolute atomic E-state index is 12.5. The number of carbonyl (C=O) groups excluding carboxylic acids is 3. The summed E-state index contributed by atoms with van der Waals surface area (Å²) >= 11 is 0. The minimum Gasteiger partial charge on any atom is -0.482 e. The number of hydrogen-bond donors (Lipinski definition) is 2.